The van der Waals surface area contributed by atoms with Crippen LogP contribution in [0.25, 0.3) is 0 Å². The molecule has 0 aromatic carbocycles. The van der Waals surface area contributed by atoms with E-state index in [1.807, 2.05) is 0 Å². The molecule has 16 heavy (non-hydrogen) atoms. The van der Waals surface area contributed by atoms with Gasteiger partial charge in [0.2, 0.25) is 5.76 Å². The zero-order valence-electron chi connectivity index (χ0n) is 9.54. The predicted octanol–water partition coefficient (Wildman–Crippen LogP) is 0.936. The van der Waals surface area contributed by atoms with E-state index in [9.17, 15) is 9.90 Å². The summed E-state index contributed by atoms with van der Waals surface area (Å²) in [5, 5.41) is 12.5. The van der Waals surface area contributed by atoms with Gasteiger partial charge in [-0.3, -0.25) is 4.79 Å². The van der Waals surface area contributed by atoms with Gasteiger partial charge in [-0.15, -0.1) is 0 Å². The molecule has 1 saturated carbocycles. The topological polar surface area (TPSA) is 75.4 Å². The predicted molar refractivity (Wildman–Crippen MR) is 57.1 cm³/mol. The molecule has 0 saturated heterocycles. The highest BCUT2D eigenvalue weighted by molar-refractivity contribution is 5.92. The second-order valence-electron chi connectivity index (χ2n) is 4.41. The minimum absolute atomic E-state index is 0.237. The van der Waals surface area contributed by atoms with Crippen molar-refractivity contribution in [2.75, 3.05) is 6.54 Å². The molecule has 5 heteroatoms. The van der Waals surface area contributed by atoms with E-state index in [4.69, 9.17) is 4.42 Å². The second kappa shape index (κ2) is 3.90. The molecule has 0 spiro atoms. The zero-order chi connectivity index (χ0) is 11.8. The number of oxazole rings is 1. The van der Waals surface area contributed by atoms with Crippen molar-refractivity contribution in [1.82, 2.24) is 10.3 Å². The Morgan fingerprint density at radius 1 is 1.56 bits per heavy atom. The number of aromatic nitrogens is 1. The number of carbonyl (C=O) groups excluding carboxylic acids is 1. The van der Waals surface area contributed by atoms with Gasteiger partial charge >= 0.3 is 0 Å². The molecule has 0 unspecified atom stereocenters. The first-order chi connectivity index (χ1) is 7.50. The summed E-state index contributed by atoms with van der Waals surface area (Å²) in [6, 6.07) is 0. The van der Waals surface area contributed by atoms with Crippen molar-refractivity contribution in [3.63, 3.8) is 0 Å². The first-order valence-electron chi connectivity index (χ1n) is 5.45. The Morgan fingerprint density at radius 2 is 2.25 bits per heavy atom. The van der Waals surface area contributed by atoms with Crippen LogP contribution in [-0.2, 0) is 0 Å². The van der Waals surface area contributed by atoms with Crippen molar-refractivity contribution in [2.24, 2.45) is 0 Å². The molecular weight excluding hydrogens is 208 g/mol. The number of amides is 1. The lowest BCUT2D eigenvalue weighted by atomic mass is 9.80. The lowest BCUT2D eigenvalue weighted by Gasteiger charge is -2.36. The minimum Gasteiger partial charge on any atom is -0.436 e. The van der Waals surface area contributed by atoms with Crippen LogP contribution in [0.4, 0.5) is 0 Å². The number of rotatable bonds is 3. The van der Waals surface area contributed by atoms with E-state index in [-0.39, 0.29) is 18.2 Å². The van der Waals surface area contributed by atoms with Gasteiger partial charge in [-0.25, -0.2) is 4.98 Å². The van der Waals surface area contributed by atoms with Crippen molar-refractivity contribution in [3.8, 4) is 0 Å². The highest BCUT2D eigenvalue weighted by atomic mass is 16.4. The number of nitrogens with one attached hydrogen (secondary N) is 1. The summed E-state index contributed by atoms with van der Waals surface area (Å²) in [6.07, 6.45) is 2.52. The number of nitrogens with zero attached hydrogens (tertiary/aromatic N) is 1. The summed E-state index contributed by atoms with van der Waals surface area (Å²) < 4.78 is 5.19. The molecule has 88 valence electrons. The lowest BCUT2D eigenvalue weighted by molar-refractivity contribution is -0.0302. The minimum atomic E-state index is -0.710. The smallest absolute Gasteiger partial charge is 0.289 e. The normalized spacial score (nSPS) is 17.9. The van der Waals surface area contributed by atoms with E-state index >= 15 is 0 Å². The summed E-state index contributed by atoms with van der Waals surface area (Å²) in [5.74, 6) is 0.406. The summed E-state index contributed by atoms with van der Waals surface area (Å²) in [7, 11) is 0. The van der Waals surface area contributed by atoms with Crippen molar-refractivity contribution in [2.45, 2.75) is 38.7 Å². The molecule has 0 aliphatic heterocycles. The molecular formula is C11H16N2O3. The fourth-order valence-electron chi connectivity index (χ4n) is 1.83. The number of hydrogen-bond acceptors (Lipinski definition) is 4. The molecule has 1 aromatic heterocycles. The molecule has 1 aliphatic carbocycles. The Balaban J connectivity index is 1.95. The van der Waals surface area contributed by atoms with Crippen LogP contribution in [0.3, 0.4) is 0 Å². The Hall–Kier alpha value is -1.36. The van der Waals surface area contributed by atoms with Gasteiger partial charge in [-0.1, -0.05) is 0 Å². The third-order valence-electron chi connectivity index (χ3n) is 2.97. The average molecular weight is 224 g/mol. The first kappa shape index (κ1) is 11.1. The third-order valence-corrected chi connectivity index (χ3v) is 2.97. The average Bonchev–Trinajstić information content (AvgIpc) is 2.51. The third kappa shape index (κ3) is 2.09. The van der Waals surface area contributed by atoms with Crippen LogP contribution in [0, 0.1) is 13.8 Å². The van der Waals surface area contributed by atoms with Gasteiger partial charge in [0.1, 0.15) is 0 Å². The fourth-order valence-corrected chi connectivity index (χ4v) is 1.83. The first-order valence-corrected chi connectivity index (χ1v) is 5.45. The van der Waals surface area contributed by atoms with Crippen molar-refractivity contribution < 1.29 is 14.3 Å². The summed E-state index contributed by atoms with van der Waals surface area (Å²) in [6.45, 7) is 3.71. The zero-order valence-corrected chi connectivity index (χ0v) is 9.54. The fraction of sp³-hybridized carbons (Fsp3) is 0.636. The molecule has 1 heterocycles. The quantitative estimate of drug-likeness (QED) is 0.801. The van der Waals surface area contributed by atoms with Crippen molar-refractivity contribution >= 4 is 5.91 Å². The molecule has 1 aliphatic rings. The van der Waals surface area contributed by atoms with Gasteiger partial charge in [0.15, 0.2) is 5.89 Å². The van der Waals surface area contributed by atoms with Gasteiger partial charge in [0.05, 0.1) is 11.3 Å². The van der Waals surface area contributed by atoms with Crippen LogP contribution in [-0.4, -0.2) is 28.1 Å². The molecule has 1 fully saturated rings. The van der Waals surface area contributed by atoms with Crippen molar-refractivity contribution in [3.05, 3.63) is 17.3 Å². The monoisotopic (exact) mass is 224 g/mol. The van der Waals surface area contributed by atoms with E-state index in [1.165, 1.54) is 0 Å². The standard InChI is InChI=1S/C11H16N2O3/c1-7-9(16-8(2)13-7)10(14)12-6-11(15)4-3-5-11/h15H,3-6H2,1-2H3,(H,12,14). The number of aliphatic hydroxyl groups is 1. The maximum absolute atomic E-state index is 11.7. The number of aryl methyl sites for hydroxylation is 2. The molecule has 0 bridgehead atoms. The SMILES string of the molecule is Cc1nc(C)c(C(=O)NCC2(O)CCC2)o1. The molecule has 0 radical (unpaired) electrons. The number of carbonyl (C=O) groups is 1. The van der Waals surface area contributed by atoms with E-state index in [0.717, 1.165) is 19.3 Å². The van der Waals surface area contributed by atoms with Gasteiger partial charge in [0.25, 0.3) is 5.91 Å². The largest absolute Gasteiger partial charge is 0.436 e. The van der Waals surface area contributed by atoms with E-state index in [0.29, 0.717) is 11.6 Å². The van der Waals surface area contributed by atoms with Crippen LogP contribution >= 0.6 is 0 Å². The highest BCUT2D eigenvalue weighted by Crippen LogP contribution is 2.30. The molecule has 1 amide bonds. The Bertz CT molecular complexity index is 407. The molecule has 2 N–H and O–H groups in total. The number of hydrogen-bond donors (Lipinski definition) is 2. The Labute approximate surface area is 93.9 Å². The van der Waals surface area contributed by atoms with Crippen LogP contribution in [0.15, 0.2) is 4.42 Å². The maximum Gasteiger partial charge on any atom is 0.289 e. The van der Waals surface area contributed by atoms with Crippen molar-refractivity contribution in [1.29, 1.82) is 0 Å². The maximum atomic E-state index is 11.7. The van der Waals surface area contributed by atoms with Crippen LogP contribution < -0.4 is 5.32 Å². The Kier molecular flexibility index (Phi) is 2.71. The van der Waals surface area contributed by atoms with E-state index in [1.54, 1.807) is 13.8 Å². The van der Waals surface area contributed by atoms with Gasteiger partial charge in [-0.05, 0) is 26.2 Å². The van der Waals surface area contributed by atoms with Crippen LogP contribution in [0.2, 0.25) is 0 Å². The second-order valence-corrected chi connectivity index (χ2v) is 4.41. The van der Waals surface area contributed by atoms with Gasteiger partial charge in [0, 0.05) is 13.5 Å². The molecule has 2 rings (SSSR count). The van der Waals surface area contributed by atoms with Gasteiger partial charge < -0.3 is 14.8 Å². The molecule has 5 nitrogen and oxygen atoms in total. The van der Waals surface area contributed by atoms with E-state index in [2.05, 4.69) is 10.3 Å². The lowest BCUT2D eigenvalue weighted by Crippen LogP contribution is -2.47. The summed E-state index contributed by atoms with van der Waals surface area (Å²) in [5.41, 5.74) is -0.130. The molecule has 1 aromatic rings. The highest BCUT2D eigenvalue weighted by Gasteiger charge is 2.34. The molecule has 0 atom stereocenters. The van der Waals surface area contributed by atoms with Gasteiger partial charge in [-0.2, -0.15) is 0 Å². The summed E-state index contributed by atoms with van der Waals surface area (Å²) >= 11 is 0. The Morgan fingerprint density at radius 3 is 2.69 bits per heavy atom. The van der Waals surface area contributed by atoms with Crippen LogP contribution in [0.1, 0.15) is 41.4 Å². The van der Waals surface area contributed by atoms with Crippen LogP contribution in [0.5, 0.6) is 0 Å². The summed E-state index contributed by atoms with van der Waals surface area (Å²) in [4.78, 5) is 15.7. The van der Waals surface area contributed by atoms with E-state index < -0.39 is 5.60 Å².